The van der Waals surface area contributed by atoms with E-state index < -0.39 is 51.1 Å². The molecule has 0 spiro atoms. The number of carboxylic acids is 1. The number of allylic oxidation sites excluding steroid dienone is 10. The Kier molecular flexibility index (Phi) is 40.8. The number of phosphoric acid groups is 1. The van der Waals surface area contributed by atoms with E-state index in [0.717, 1.165) is 38.5 Å². The summed E-state index contributed by atoms with van der Waals surface area (Å²) in [5, 5.41) is 8.90. The van der Waals surface area contributed by atoms with E-state index in [-0.39, 0.29) is 19.4 Å². The number of hydrogen-bond donors (Lipinski definition) is 3. The predicted octanol–water partition coefficient (Wildman–Crippen LogP) is 12.7. The zero-order valence-corrected chi connectivity index (χ0v) is 38.4. The second-order valence-electron chi connectivity index (χ2n) is 15.5. The average molecular weight is 866 g/mol. The molecule has 0 aromatic rings. The summed E-state index contributed by atoms with van der Waals surface area (Å²) in [5.41, 5.74) is 5.33. The van der Waals surface area contributed by atoms with Crippen molar-refractivity contribution in [2.75, 3.05) is 19.8 Å². The molecule has 0 aromatic carbocycles. The zero-order valence-electron chi connectivity index (χ0n) is 37.5. The van der Waals surface area contributed by atoms with E-state index >= 15 is 0 Å². The lowest BCUT2D eigenvalue weighted by atomic mass is 10.1. The van der Waals surface area contributed by atoms with Gasteiger partial charge in [0.1, 0.15) is 12.6 Å². The normalized spacial score (nSPS) is 14.2. The summed E-state index contributed by atoms with van der Waals surface area (Å²) in [6, 6.07) is -1.53. The van der Waals surface area contributed by atoms with Gasteiger partial charge in [-0.15, -0.1) is 0 Å². The lowest BCUT2D eigenvalue weighted by molar-refractivity contribution is -0.161. The molecule has 0 aliphatic rings. The number of carbonyl (C=O) groups excluding carboxylic acids is 2. The number of phosphoric ester groups is 1. The molecule has 12 heteroatoms. The van der Waals surface area contributed by atoms with Crippen molar-refractivity contribution < 1.29 is 47.5 Å². The Morgan fingerprint density at radius 1 is 0.517 bits per heavy atom. The molecular weight excluding hydrogens is 781 g/mol. The van der Waals surface area contributed by atoms with E-state index in [4.69, 9.17) is 24.8 Å². The highest BCUT2D eigenvalue weighted by molar-refractivity contribution is 7.47. The molecule has 0 rings (SSSR count). The fourth-order valence-corrected chi connectivity index (χ4v) is 6.83. The first-order valence-electron chi connectivity index (χ1n) is 23.3. The zero-order chi connectivity index (χ0) is 44.2. The second-order valence-corrected chi connectivity index (χ2v) is 17.0. The van der Waals surface area contributed by atoms with Crippen molar-refractivity contribution in [1.29, 1.82) is 0 Å². The van der Waals surface area contributed by atoms with Gasteiger partial charge in [0.15, 0.2) is 6.10 Å². The maximum absolute atomic E-state index is 12.6. The van der Waals surface area contributed by atoms with Crippen LogP contribution in [-0.2, 0) is 37.5 Å². The van der Waals surface area contributed by atoms with Crippen LogP contribution in [0.3, 0.4) is 0 Å². The van der Waals surface area contributed by atoms with E-state index in [1.807, 2.05) is 12.2 Å². The third kappa shape index (κ3) is 41.9. The van der Waals surface area contributed by atoms with Gasteiger partial charge in [0.25, 0.3) is 0 Å². The van der Waals surface area contributed by atoms with E-state index in [0.29, 0.717) is 19.3 Å². The Morgan fingerprint density at radius 3 is 1.38 bits per heavy atom. The minimum Gasteiger partial charge on any atom is -0.480 e. The maximum atomic E-state index is 12.6. The number of hydrogen-bond acceptors (Lipinski definition) is 9. The Hall–Kier alpha value is -2.82. The van der Waals surface area contributed by atoms with E-state index in [1.165, 1.54) is 109 Å². The standard InChI is InChI=1S/C48H84NO10P/c1-3-5-7-9-11-13-15-17-19-20-21-22-23-24-26-28-30-32-34-36-38-40-47(51)59-44(42-57-60(54,55)58-43-45(49)48(52)53)41-56-46(50)39-37-35-33-31-29-27-25-18-16-14-12-10-8-6-4-2/h19-20,22-23,26,28-29,31-32,34,44-45H,3-18,21,24-25,27,30,33,35-43,49H2,1-2H3,(H,52,53)(H,54,55)/b20-19+,23-22+,28-26+,31-29+,34-32+/t44-,45-/m0/s1. The molecule has 0 aliphatic heterocycles. The molecule has 0 saturated heterocycles. The van der Waals surface area contributed by atoms with Crippen LogP contribution in [0, 0.1) is 0 Å². The topological polar surface area (TPSA) is 172 Å². The van der Waals surface area contributed by atoms with Crippen molar-refractivity contribution in [2.45, 2.75) is 206 Å². The monoisotopic (exact) mass is 866 g/mol. The van der Waals surface area contributed by atoms with Gasteiger partial charge in [-0.25, -0.2) is 4.57 Å². The van der Waals surface area contributed by atoms with Gasteiger partial charge in [-0.05, 0) is 77.0 Å². The molecule has 11 nitrogen and oxygen atoms in total. The van der Waals surface area contributed by atoms with Crippen LogP contribution in [0.4, 0.5) is 0 Å². The second kappa shape index (κ2) is 42.9. The minimum atomic E-state index is -4.74. The molecule has 60 heavy (non-hydrogen) atoms. The highest BCUT2D eigenvalue weighted by Gasteiger charge is 2.28. The number of nitrogens with two attached hydrogens (primary N) is 1. The number of esters is 2. The molecule has 0 amide bonds. The molecule has 0 heterocycles. The highest BCUT2D eigenvalue weighted by Crippen LogP contribution is 2.43. The fraction of sp³-hybridized carbons (Fsp3) is 0.729. The van der Waals surface area contributed by atoms with Gasteiger partial charge in [0.2, 0.25) is 0 Å². The quantitative estimate of drug-likeness (QED) is 0.0230. The van der Waals surface area contributed by atoms with Crippen molar-refractivity contribution in [3.8, 4) is 0 Å². The molecule has 0 aliphatic carbocycles. The van der Waals surface area contributed by atoms with Crippen LogP contribution < -0.4 is 5.73 Å². The van der Waals surface area contributed by atoms with Gasteiger partial charge in [0.05, 0.1) is 13.2 Å². The largest absolute Gasteiger partial charge is 0.480 e. The van der Waals surface area contributed by atoms with Crippen LogP contribution >= 0.6 is 7.82 Å². The molecule has 1 unspecified atom stereocenters. The van der Waals surface area contributed by atoms with Crippen LogP contribution in [0.25, 0.3) is 0 Å². The summed E-state index contributed by atoms with van der Waals surface area (Å²) in [7, 11) is -4.74. The van der Waals surface area contributed by atoms with Crippen molar-refractivity contribution in [3.05, 3.63) is 60.8 Å². The summed E-state index contributed by atoms with van der Waals surface area (Å²) in [6.45, 7) is 2.73. The van der Waals surface area contributed by atoms with Crippen molar-refractivity contribution in [2.24, 2.45) is 5.73 Å². The van der Waals surface area contributed by atoms with Gasteiger partial charge < -0.3 is 25.2 Å². The first kappa shape index (κ1) is 57.2. The van der Waals surface area contributed by atoms with Gasteiger partial charge in [-0.3, -0.25) is 23.4 Å². The number of carboxylic acid groups (broad SMARTS) is 1. The lowest BCUT2D eigenvalue weighted by Crippen LogP contribution is -2.34. The summed E-state index contributed by atoms with van der Waals surface area (Å²) in [5.74, 6) is -2.48. The van der Waals surface area contributed by atoms with Crippen LogP contribution in [0.1, 0.15) is 194 Å². The first-order chi connectivity index (χ1) is 29.1. The van der Waals surface area contributed by atoms with Crippen molar-refractivity contribution >= 4 is 25.7 Å². The number of rotatable bonds is 43. The smallest absolute Gasteiger partial charge is 0.472 e. The number of aliphatic carboxylic acids is 1. The minimum absolute atomic E-state index is 0.0797. The Balaban J connectivity index is 4.45. The number of unbranched alkanes of at least 4 members (excludes halogenated alkanes) is 19. The predicted molar refractivity (Wildman–Crippen MR) is 245 cm³/mol. The Bertz CT molecular complexity index is 1250. The molecule has 0 bridgehead atoms. The molecule has 0 saturated carbocycles. The molecule has 0 fully saturated rings. The number of carbonyl (C=O) groups is 3. The van der Waals surface area contributed by atoms with Gasteiger partial charge in [0, 0.05) is 12.8 Å². The van der Waals surface area contributed by atoms with Crippen molar-refractivity contribution in [1.82, 2.24) is 0 Å². The van der Waals surface area contributed by atoms with Crippen LogP contribution in [0.5, 0.6) is 0 Å². The first-order valence-corrected chi connectivity index (χ1v) is 24.8. The van der Waals surface area contributed by atoms with Gasteiger partial charge in [-0.1, -0.05) is 164 Å². The summed E-state index contributed by atoms with van der Waals surface area (Å²) >= 11 is 0. The molecule has 346 valence electrons. The van der Waals surface area contributed by atoms with Crippen molar-refractivity contribution in [3.63, 3.8) is 0 Å². The third-order valence-electron chi connectivity index (χ3n) is 9.74. The molecule has 0 radical (unpaired) electrons. The van der Waals surface area contributed by atoms with E-state index in [1.54, 1.807) is 0 Å². The molecule has 4 N–H and O–H groups in total. The Morgan fingerprint density at radius 2 is 0.900 bits per heavy atom. The van der Waals surface area contributed by atoms with E-state index in [9.17, 15) is 23.8 Å². The molecule has 0 aromatic heterocycles. The van der Waals surface area contributed by atoms with E-state index in [2.05, 4.69) is 67.0 Å². The third-order valence-corrected chi connectivity index (χ3v) is 10.7. The lowest BCUT2D eigenvalue weighted by Gasteiger charge is -2.20. The van der Waals surface area contributed by atoms with Crippen LogP contribution in [-0.4, -0.2) is 59.9 Å². The summed E-state index contributed by atoms with van der Waals surface area (Å²) in [6.07, 6.45) is 50.1. The average Bonchev–Trinajstić information content (AvgIpc) is 3.22. The SMILES string of the molecule is CCCCCCCCC/C=C/C/C=C/C/C=C/C/C=C/CCCC(=O)O[C@@H](COC(=O)CCCC/C=C/CCCCCCCCCCC)COP(=O)(O)OC[C@H](N)C(=O)O. The Labute approximate surface area is 364 Å². The number of ether oxygens (including phenoxy) is 2. The highest BCUT2D eigenvalue weighted by atomic mass is 31.2. The van der Waals surface area contributed by atoms with Crippen LogP contribution in [0.15, 0.2) is 60.8 Å². The van der Waals surface area contributed by atoms with Gasteiger partial charge in [-0.2, -0.15) is 0 Å². The summed E-state index contributed by atoms with van der Waals surface area (Å²) in [4.78, 5) is 46.0. The van der Waals surface area contributed by atoms with Crippen LogP contribution in [0.2, 0.25) is 0 Å². The molecular formula is C48H84NO10P. The maximum Gasteiger partial charge on any atom is 0.472 e. The molecule has 3 atom stereocenters. The summed E-state index contributed by atoms with van der Waals surface area (Å²) < 4.78 is 32.6. The van der Waals surface area contributed by atoms with Gasteiger partial charge >= 0.3 is 25.7 Å². The fourth-order valence-electron chi connectivity index (χ4n) is 6.05.